The lowest BCUT2D eigenvalue weighted by molar-refractivity contribution is -0.137. The van der Waals surface area contributed by atoms with E-state index in [2.05, 4.69) is 4.98 Å². The first-order valence-electron chi connectivity index (χ1n) is 6.50. The van der Waals surface area contributed by atoms with E-state index in [4.69, 9.17) is 28.0 Å². The second-order valence-electron chi connectivity index (χ2n) is 4.86. The Balaban J connectivity index is 2.53. The summed E-state index contributed by atoms with van der Waals surface area (Å²) in [7, 11) is -2.78. The van der Waals surface area contributed by atoms with Gasteiger partial charge in [-0.15, -0.1) is 0 Å². The first kappa shape index (κ1) is 17.9. The molecule has 0 aliphatic rings. The van der Waals surface area contributed by atoms with Gasteiger partial charge in [-0.3, -0.25) is 15.2 Å². The fraction of sp³-hybridized carbons (Fsp3) is 0.154. The Bertz CT molecular complexity index is 918. The van der Waals surface area contributed by atoms with E-state index < -0.39 is 28.5 Å². The molecule has 0 radical (unpaired) electrons. The van der Waals surface area contributed by atoms with Crippen LogP contribution in [0.4, 0.5) is 5.69 Å². The minimum atomic E-state index is -3.96. The summed E-state index contributed by atoms with van der Waals surface area (Å²) in [6.45, 7) is -0.654. The van der Waals surface area contributed by atoms with Crippen LogP contribution in [-0.2, 0) is 14.8 Å². The fourth-order valence-electron chi connectivity index (χ4n) is 2.04. The van der Waals surface area contributed by atoms with E-state index in [1.54, 1.807) is 0 Å². The topological polar surface area (TPSA) is 141 Å². The molecule has 0 atom stereocenters. The van der Waals surface area contributed by atoms with E-state index >= 15 is 0 Å². The number of fused-ring (bicyclic) bond motifs is 1. The highest BCUT2D eigenvalue weighted by atomic mass is 35.5. The van der Waals surface area contributed by atoms with Gasteiger partial charge in [0.25, 0.3) is 0 Å². The van der Waals surface area contributed by atoms with Gasteiger partial charge in [0.2, 0.25) is 16.0 Å². The van der Waals surface area contributed by atoms with Crippen molar-refractivity contribution >= 4 is 50.2 Å². The summed E-state index contributed by atoms with van der Waals surface area (Å²) in [5.41, 5.74) is 5.66. The largest absolute Gasteiger partial charge is 0.480 e. The van der Waals surface area contributed by atoms with Gasteiger partial charge in [0.15, 0.2) is 0 Å². The normalized spacial score (nSPS) is 11.6. The van der Waals surface area contributed by atoms with Gasteiger partial charge >= 0.3 is 5.97 Å². The van der Waals surface area contributed by atoms with Crippen LogP contribution < -0.4 is 10.2 Å². The third-order valence-electron chi connectivity index (χ3n) is 3.20. The molecular weight excluding hydrogens is 358 g/mol. The molecular formula is C13H14ClN5O4S. The molecule has 0 saturated heterocycles. The molecule has 1 aromatic carbocycles. The van der Waals surface area contributed by atoms with Crippen LogP contribution in [-0.4, -0.2) is 48.3 Å². The van der Waals surface area contributed by atoms with Crippen molar-refractivity contribution in [3.63, 3.8) is 0 Å². The minimum Gasteiger partial charge on any atom is -0.480 e. The van der Waals surface area contributed by atoms with Crippen molar-refractivity contribution in [1.29, 1.82) is 5.41 Å². The second-order valence-corrected chi connectivity index (χ2v) is 7.25. The molecule has 4 N–H and O–H groups in total. The highest BCUT2D eigenvalue weighted by Crippen LogP contribution is 2.29. The molecule has 2 aromatic rings. The number of nitrogens with two attached hydrogens (primary N) is 1. The molecule has 128 valence electrons. The van der Waals surface area contributed by atoms with Crippen LogP contribution >= 0.6 is 11.8 Å². The number of carboxylic acids is 1. The number of carbonyl (C=O) groups is 1. The summed E-state index contributed by atoms with van der Waals surface area (Å²) in [5.74, 6) is -1.67. The number of guanidine groups is 1. The van der Waals surface area contributed by atoms with E-state index in [9.17, 15) is 13.2 Å². The molecule has 0 fully saturated rings. The predicted octanol–water partition coefficient (Wildman–Crippen LogP) is 0.794. The van der Waals surface area contributed by atoms with Crippen molar-refractivity contribution in [3.8, 4) is 0 Å². The number of anilines is 1. The van der Waals surface area contributed by atoms with E-state index in [1.807, 2.05) is 0 Å². The Morgan fingerprint density at radius 3 is 2.67 bits per heavy atom. The van der Waals surface area contributed by atoms with E-state index in [-0.39, 0.29) is 4.90 Å². The first-order valence-corrected chi connectivity index (χ1v) is 8.28. The number of aromatic nitrogens is 1. The van der Waals surface area contributed by atoms with Gasteiger partial charge < -0.3 is 10.8 Å². The van der Waals surface area contributed by atoms with Gasteiger partial charge in [-0.05, 0) is 12.1 Å². The summed E-state index contributed by atoms with van der Waals surface area (Å²) in [4.78, 5) is 14.6. The van der Waals surface area contributed by atoms with Crippen molar-refractivity contribution in [3.05, 3.63) is 30.6 Å². The molecule has 0 aliphatic heterocycles. The summed E-state index contributed by atoms with van der Waals surface area (Å²) in [6, 6.07) is 4.17. The Kier molecular flexibility index (Phi) is 4.92. The Labute approximate surface area is 142 Å². The minimum absolute atomic E-state index is 0.0818. The zero-order chi connectivity index (χ0) is 18.1. The smallest absolute Gasteiger partial charge is 0.318 e. The average Bonchev–Trinajstić information content (AvgIpc) is 2.52. The molecule has 0 bridgehead atoms. The molecule has 24 heavy (non-hydrogen) atoms. The number of hydrogen-bond acceptors (Lipinski definition) is 5. The van der Waals surface area contributed by atoms with Gasteiger partial charge in [-0.2, -0.15) is 4.31 Å². The quantitative estimate of drug-likeness (QED) is 0.401. The Morgan fingerprint density at radius 2 is 2.08 bits per heavy atom. The van der Waals surface area contributed by atoms with Crippen LogP contribution in [0.25, 0.3) is 10.8 Å². The number of halogens is 1. The molecule has 0 aliphatic carbocycles. The fourth-order valence-corrected chi connectivity index (χ4v) is 3.33. The number of likely N-dealkylation sites (N-methyl/N-ethyl adjacent to an activating group) is 1. The maximum absolute atomic E-state index is 12.4. The number of nitrogens with one attached hydrogen (secondary N) is 1. The molecule has 1 heterocycles. The van der Waals surface area contributed by atoms with Crippen molar-refractivity contribution in [2.75, 3.05) is 18.0 Å². The van der Waals surface area contributed by atoms with E-state index in [0.29, 0.717) is 16.5 Å². The molecule has 0 saturated carbocycles. The number of benzene rings is 1. The lowest BCUT2D eigenvalue weighted by Crippen LogP contribution is -2.32. The number of aliphatic carboxylic acids is 1. The number of rotatable bonds is 5. The lowest BCUT2D eigenvalue weighted by atomic mass is 10.1. The third kappa shape index (κ3) is 3.40. The molecule has 0 amide bonds. The van der Waals surface area contributed by atoms with Crippen molar-refractivity contribution in [1.82, 2.24) is 9.29 Å². The maximum atomic E-state index is 12.4. The molecule has 0 spiro atoms. The monoisotopic (exact) mass is 371 g/mol. The Hall–Kier alpha value is -2.43. The first-order chi connectivity index (χ1) is 11.1. The zero-order valence-electron chi connectivity index (χ0n) is 12.5. The molecule has 2 rings (SSSR count). The Morgan fingerprint density at radius 1 is 1.42 bits per heavy atom. The van der Waals surface area contributed by atoms with Crippen molar-refractivity contribution in [2.45, 2.75) is 4.90 Å². The number of hydrogen-bond donors (Lipinski definition) is 3. The number of carboxylic acid groups (broad SMARTS) is 1. The second kappa shape index (κ2) is 6.59. The molecule has 11 heteroatoms. The van der Waals surface area contributed by atoms with Gasteiger partial charge in [0.05, 0.1) is 16.8 Å². The SMILES string of the molecule is CN(CC(=O)O)S(=O)(=O)c1ccc2c(N(Cl)C(=N)N)cncc2c1. The lowest BCUT2D eigenvalue weighted by Gasteiger charge is -2.17. The highest BCUT2D eigenvalue weighted by Gasteiger charge is 2.23. The zero-order valence-corrected chi connectivity index (χ0v) is 14.0. The number of sulfonamides is 1. The number of nitrogens with zero attached hydrogens (tertiary/aromatic N) is 3. The predicted molar refractivity (Wildman–Crippen MR) is 89.4 cm³/mol. The van der Waals surface area contributed by atoms with Crippen molar-refractivity contribution in [2.24, 2.45) is 5.73 Å². The van der Waals surface area contributed by atoms with Crippen LogP contribution in [0.5, 0.6) is 0 Å². The molecule has 0 unspecified atom stereocenters. The van der Waals surface area contributed by atoms with Gasteiger partial charge in [0.1, 0.15) is 6.54 Å². The van der Waals surface area contributed by atoms with Crippen LogP contribution in [0.2, 0.25) is 0 Å². The molecule has 1 aromatic heterocycles. The van der Waals surface area contributed by atoms with Crippen LogP contribution in [0.3, 0.4) is 0 Å². The van der Waals surface area contributed by atoms with Crippen LogP contribution in [0.1, 0.15) is 0 Å². The highest BCUT2D eigenvalue weighted by molar-refractivity contribution is 7.89. The van der Waals surface area contributed by atoms with Gasteiger partial charge in [0, 0.05) is 35.8 Å². The summed E-state index contributed by atoms with van der Waals surface area (Å²) in [6.07, 6.45) is 2.82. The standard InChI is InChI=1S/C13H14ClN5O4S/c1-18(7-12(20)21)24(22,23)9-2-3-10-8(4-9)5-17-6-11(10)19(14)13(15)16/h2-6H,7H2,1H3,(H3,15,16)(H,20,21). The maximum Gasteiger partial charge on any atom is 0.318 e. The van der Waals surface area contributed by atoms with Gasteiger partial charge in [-0.25, -0.2) is 12.8 Å². The summed E-state index contributed by atoms with van der Waals surface area (Å²) >= 11 is 5.91. The number of pyridine rings is 1. The van der Waals surface area contributed by atoms with Crippen molar-refractivity contribution < 1.29 is 18.3 Å². The summed E-state index contributed by atoms with van der Waals surface area (Å²) < 4.78 is 26.4. The van der Waals surface area contributed by atoms with Gasteiger partial charge in [-0.1, -0.05) is 6.07 Å². The van der Waals surface area contributed by atoms with E-state index in [0.717, 1.165) is 8.72 Å². The molecule has 9 nitrogen and oxygen atoms in total. The van der Waals surface area contributed by atoms with E-state index in [1.165, 1.54) is 37.6 Å². The summed E-state index contributed by atoms with van der Waals surface area (Å²) in [5, 5.41) is 17.1. The third-order valence-corrected chi connectivity index (χ3v) is 5.36. The van der Waals surface area contributed by atoms with Crippen LogP contribution in [0, 0.1) is 5.41 Å². The average molecular weight is 372 g/mol. The van der Waals surface area contributed by atoms with Crippen LogP contribution in [0.15, 0.2) is 35.5 Å².